The topological polar surface area (TPSA) is 92.1 Å². The molecule has 5 heteroatoms. The molecule has 2 rings (SSSR count). The van der Waals surface area contributed by atoms with E-state index in [9.17, 15) is 10.5 Å². The first-order valence-corrected chi connectivity index (χ1v) is 7.07. The Morgan fingerprint density at radius 2 is 1.90 bits per heavy atom. The van der Waals surface area contributed by atoms with E-state index in [0.29, 0.717) is 24.3 Å². The molecule has 0 bridgehead atoms. The zero-order chi connectivity index (χ0) is 15.8. The third-order valence-corrected chi connectivity index (χ3v) is 4.58. The van der Waals surface area contributed by atoms with E-state index in [1.54, 1.807) is 7.11 Å². The standard InChI is InChI=1S/C16H21N3O2/c1-15(2,3)10-5-6-16(20-4)13(7-10)11(8-17)12(9-18)14(19)21-16/h10H,5-7,19H2,1-4H3/t10-,16+/m0/s1. The first kappa shape index (κ1) is 15.4. The maximum Gasteiger partial charge on any atom is 0.236 e. The van der Waals surface area contributed by atoms with E-state index in [1.165, 1.54) is 0 Å². The number of nitrogens with two attached hydrogens (primary N) is 1. The van der Waals surface area contributed by atoms with Gasteiger partial charge in [-0.25, -0.2) is 0 Å². The van der Waals surface area contributed by atoms with Gasteiger partial charge >= 0.3 is 0 Å². The van der Waals surface area contributed by atoms with Crippen LogP contribution in [0.2, 0.25) is 0 Å². The van der Waals surface area contributed by atoms with Gasteiger partial charge < -0.3 is 15.2 Å². The average molecular weight is 287 g/mol. The summed E-state index contributed by atoms with van der Waals surface area (Å²) in [6.07, 6.45) is 2.23. The molecule has 0 spiro atoms. The van der Waals surface area contributed by atoms with Crippen LogP contribution in [0.25, 0.3) is 0 Å². The van der Waals surface area contributed by atoms with Crippen molar-refractivity contribution in [3.63, 3.8) is 0 Å². The maximum absolute atomic E-state index is 9.49. The van der Waals surface area contributed by atoms with Gasteiger partial charge in [-0.05, 0) is 24.2 Å². The summed E-state index contributed by atoms with van der Waals surface area (Å²) in [6.45, 7) is 6.55. The third-order valence-electron chi connectivity index (χ3n) is 4.58. The molecule has 1 aliphatic carbocycles. The molecule has 2 atom stereocenters. The number of ether oxygens (including phenoxy) is 2. The van der Waals surface area contributed by atoms with Crippen molar-refractivity contribution in [1.29, 1.82) is 10.5 Å². The Hall–Kier alpha value is -1.98. The lowest BCUT2D eigenvalue weighted by Gasteiger charge is -2.46. The van der Waals surface area contributed by atoms with Crippen molar-refractivity contribution in [3.8, 4) is 12.1 Å². The highest BCUT2D eigenvalue weighted by molar-refractivity contribution is 5.57. The molecular weight excluding hydrogens is 266 g/mol. The minimum Gasteiger partial charge on any atom is -0.442 e. The first-order valence-electron chi connectivity index (χ1n) is 7.07. The molecule has 0 aromatic carbocycles. The van der Waals surface area contributed by atoms with E-state index in [0.717, 1.165) is 12.0 Å². The molecule has 1 heterocycles. The summed E-state index contributed by atoms with van der Waals surface area (Å²) in [5, 5.41) is 18.7. The Morgan fingerprint density at radius 3 is 2.38 bits per heavy atom. The monoisotopic (exact) mass is 287 g/mol. The van der Waals surface area contributed by atoms with Gasteiger partial charge in [0, 0.05) is 19.1 Å². The van der Waals surface area contributed by atoms with Crippen LogP contribution in [-0.2, 0) is 9.47 Å². The Morgan fingerprint density at radius 1 is 1.29 bits per heavy atom. The number of fused-ring (bicyclic) bond motifs is 1. The lowest BCUT2D eigenvalue weighted by Crippen LogP contribution is -2.46. The van der Waals surface area contributed by atoms with Crippen LogP contribution in [0, 0.1) is 34.0 Å². The number of nitrogens with zero attached hydrogens (tertiary/aromatic N) is 2. The number of allylic oxidation sites excluding steroid dienone is 2. The Kier molecular flexibility index (Phi) is 3.74. The number of rotatable bonds is 1. The van der Waals surface area contributed by atoms with Crippen LogP contribution in [0.1, 0.15) is 40.0 Å². The van der Waals surface area contributed by atoms with E-state index >= 15 is 0 Å². The van der Waals surface area contributed by atoms with Gasteiger partial charge in [-0.15, -0.1) is 0 Å². The fourth-order valence-corrected chi connectivity index (χ4v) is 3.17. The zero-order valence-electron chi connectivity index (χ0n) is 13.0. The number of hydrogen-bond acceptors (Lipinski definition) is 5. The van der Waals surface area contributed by atoms with E-state index < -0.39 is 5.79 Å². The molecule has 0 radical (unpaired) electrons. The van der Waals surface area contributed by atoms with E-state index in [-0.39, 0.29) is 16.9 Å². The van der Waals surface area contributed by atoms with Crippen molar-refractivity contribution in [1.82, 2.24) is 0 Å². The minimum absolute atomic E-state index is 0.0196. The molecule has 1 aliphatic heterocycles. The van der Waals surface area contributed by atoms with E-state index in [1.807, 2.05) is 6.07 Å². The van der Waals surface area contributed by atoms with Crippen molar-refractivity contribution in [2.24, 2.45) is 17.1 Å². The summed E-state index contributed by atoms with van der Waals surface area (Å²) in [7, 11) is 1.55. The van der Waals surface area contributed by atoms with Gasteiger partial charge in [0.25, 0.3) is 0 Å². The smallest absolute Gasteiger partial charge is 0.236 e. The molecule has 0 unspecified atom stereocenters. The van der Waals surface area contributed by atoms with Crippen molar-refractivity contribution in [2.75, 3.05) is 7.11 Å². The minimum atomic E-state index is -0.989. The van der Waals surface area contributed by atoms with Crippen molar-refractivity contribution < 1.29 is 9.47 Å². The Balaban J connectivity index is 2.57. The Bertz CT molecular complexity index is 598. The first-order chi connectivity index (χ1) is 9.79. The van der Waals surface area contributed by atoms with Gasteiger partial charge in [0.1, 0.15) is 17.7 Å². The summed E-state index contributed by atoms with van der Waals surface area (Å²) < 4.78 is 11.3. The highest BCUT2D eigenvalue weighted by atomic mass is 16.7. The molecule has 0 aromatic rings. The third kappa shape index (κ3) is 2.39. The zero-order valence-corrected chi connectivity index (χ0v) is 13.0. The van der Waals surface area contributed by atoms with Crippen LogP contribution in [-0.4, -0.2) is 12.9 Å². The summed E-state index contributed by atoms with van der Waals surface area (Å²) in [5.74, 6) is -0.604. The van der Waals surface area contributed by atoms with Crippen LogP contribution in [0.4, 0.5) is 0 Å². The van der Waals surface area contributed by atoms with Gasteiger partial charge in [-0.1, -0.05) is 20.8 Å². The summed E-state index contributed by atoms with van der Waals surface area (Å²) >= 11 is 0. The normalized spacial score (nSPS) is 29.3. The van der Waals surface area contributed by atoms with Crippen LogP contribution >= 0.6 is 0 Å². The summed E-state index contributed by atoms with van der Waals surface area (Å²) in [4.78, 5) is 0. The fraction of sp³-hybridized carbons (Fsp3) is 0.625. The van der Waals surface area contributed by atoms with Gasteiger partial charge in [0.15, 0.2) is 0 Å². The second-order valence-electron chi connectivity index (χ2n) is 6.68. The van der Waals surface area contributed by atoms with Crippen molar-refractivity contribution in [2.45, 2.75) is 45.8 Å². The number of nitriles is 2. The molecule has 0 amide bonds. The van der Waals surface area contributed by atoms with E-state index in [4.69, 9.17) is 15.2 Å². The summed E-state index contributed by atoms with van der Waals surface area (Å²) in [5.41, 5.74) is 7.12. The quantitative estimate of drug-likeness (QED) is 0.800. The predicted octanol–water partition coefficient (Wildman–Crippen LogP) is 2.72. The molecule has 1 fully saturated rings. The lowest BCUT2D eigenvalue weighted by molar-refractivity contribution is -0.193. The van der Waals surface area contributed by atoms with Gasteiger partial charge in [-0.2, -0.15) is 10.5 Å². The highest BCUT2D eigenvalue weighted by Crippen LogP contribution is 2.50. The lowest BCUT2D eigenvalue weighted by atomic mass is 9.67. The second-order valence-corrected chi connectivity index (χ2v) is 6.68. The molecule has 2 N–H and O–H groups in total. The fourth-order valence-electron chi connectivity index (χ4n) is 3.17. The number of methoxy groups -OCH3 is 1. The summed E-state index contributed by atoms with van der Waals surface area (Å²) in [6, 6.07) is 4.10. The van der Waals surface area contributed by atoms with Crippen molar-refractivity contribution in [3.05, 3.63) is 22.6 Å². The predicted molar refractivity (Wildman–Crippen MR) is 77.1 cm³/mol. The van der Waals surface area contributed by atoms with Crippen molar-refractivity contribution >= 4 is 0 Å². The number of hydrogen-bond donors (Lipinski definition) is 1. The average Bonchev–Trinajstić information content (AvgIpc) is 2.43. The Labute approximate surface area is 125 Å². The molecular formula is C16H21N3O2. The SMILES string of the molecule is CO[C@@]12CC[C@H](C(C)(C)C)CC1=C(C#N)C(C#N)=C(N)O2. The molecule has 0 aromatic heterocycles. The largest absolute Gasteiger partial charge is 0.442 e. The second kappa shape index (κ2) is 5.09. The molecule has 2 aliphatic rings. The molecule has 1 saturated carbocycles. The highest BCUT2D eigenvalue weighted by Gasteiger charge is 2.49. The van der Waals surface area contributed by atoms with E-state index in [2.05, 4.69) is 26.8 Å². The molecule has 21 heavy (non-hydrogen) atoms. The molecule has 0 saturated heterocycles. The van der Waals surface area contributed by atoms with Crippen LogP contribution in [0.15, 0.2) is 22.6 Å². The maximum atomic E-state index is 9.49. The van der Waals surface area contributed by atoms with Crippen LogP contribution in [0.5, 0.6) is 0 Å². The van der Waals surface area contributed by atoms with Gasteiger partial charge in [0.05, 0.1) is 5.57 Å². The molecule has 112 valence electrons. The van der Waals surface area contributed by atoms with Gasteiger partial charge in [0.2, 0.25) is 11.7 Å². The van der Waals surface area contributed by atoms with Crippen LogP contribution < -0.4 is 5.73 Å². The van der Waals surface area contributed by atoms with Crippen LogP contribution in [0.3, 0.4) is 0 Å². The molecule has 5 nitrogen and oxygen atoms in total. The van der Waals surface area contributed by atoms with Gasteiger partial charge in [-0.3, -0.25) is 0 Å².